The number of rotatable bonds is 15. The summed E-state index contributed by atoms with van der Waals surface area (Å²) >= 11 is 0. The van der Waals surface area contributed by atoms with E-state index >= 15 is 0 Å². The number of unbranched alkanes of at least 4 members (excludes halogenated alkanes) is 7. The summed E-state index contributed by atoms with van der Waals surface area (Å²) in [7, 11) is 0. The highest BCUT2D eigenvalue weighted by Crippen LogP contribution is 2.77. The zero-order valence-corrected chi connectivity index (χ0v) is 32.6. The highest BCUT2D eigenvalue weighted by atomic mass is 16.4. The van der Waals surface area contributed by atoms with Crippen molar-refractivity contribution in [1.82, 2.24) is 10.6 Å². The smallest absolute Gasteiger partial charge is 0.303 e. The summed E-state index contributed by atoms with van der Waals surface area (Å²) in [4.78, 5) is 37.2. The lowest BCUT2D eigenvalue weighted by atomic mass is 9.32. The predicted molar refractivity (Wildman–Crippen MR) is 200 cm³/mol. The molecular formula is C43H72N2O5. The van der Waals surface area contributed by atoms with E-state index < -0.39 is 5.97 Å². The van der Waals surface area contributed by atoms with Crippen molar-refractivity contribution in [2.45, 2.75) is 170 Å². The molecule has 0 aromatic heterocycles. The third-order valence-corrected chi connectivity index (χ3v) is 16.6. The second-order valence-electron chi connectivity index (χ2n) is 19.2. The lowest BCUT2D eigenvalue weighted by Crippen LogP contribution is -2.67. The van der Waals surface area contributed by atoms with Crippen molar-refractivity contribution in [3.8, 4) is 0 Å². The minimum absolute atomic E-state index is 0.0293. The van der Waals surface area contributed by atoms with Crippen molar-refractivity contribution in [3.05, 3.63) is 12.2 Å². The van der Waals surface area contributed by atoms with Gasteiger partial charge in [0.1, 0.15) is 0 Å². The number of carbonyl (C=O) groups excluding carboxylic acids is 2. The Hall–Kier alpha value is -1.89. The first-order valence-electron chi connectivity index (χ1n) is 20.6. The maximum atomic E-state index is 14.5. The van der Waals surface area contributed by atoms with E-state index in [1.165, 1.54) is 25.7 Å². The van der Waals surface area contributed by atoms with Gasteiger partial charge in [0.05, 0.1) is 11.5 Å². The molecule has 0 spiro atoms. The molecule has 1 unspecified atom stereocenters. The summed E-state index contributed by atoms with van der Waals surface area (Å²) in [5, 5.41) is 26.4. The molecule has 2 amide bonds. The molecule has 0 aromatic carbocycles. The van der Waals surface area contributed by atoms with Crippen LogP contribution in [0.1, 0.15) is 164 Å². The van der Waals surface area contributed by atoms with Crippen molar-refractivity contribution in [3.63, 3.8) is 0 Å². The number of fused-ring (bicyclic) bond motifs is 7. The minimum Gasteiger partial charge on any atom is -0.481 e. The number of aliphatic hydroxyl groups excluding tert-OH is 1. The van der Waals surface area contributed by atoms with Gasteiger partial charge < -0.3 is 20.8 Å². The van der Waals surface area contributed by atoms with E-state index in [2.05, 4.69) is 51.8 Å². The number of nitrogens with one attached hydrogen (secondary N) is 2. The molecule has 7 nitrogen and oxygen atoms in total. The maximum absolute atomic E-state index is 14.5. The van der Waals surface area contributed by atoms with Crippen molar-refractivity contribution in [2.24, 2.45) is 56.7 Å². The van der Waals surface area contributed by atoms with Gasteiger partial charge in [0.15, 0.2) is 0 Å². The number of carboxylic acids is 1. The van der Waals surface area contributed by atoms with Crippen LogP contribution in [-0.4, -0.2) is 47.2 Å². The monoisotopic (exact) mass is 697 g/mol. The summed E-state index contributed by atoms with van der Waals surface area (Å²) in [6.07, 6.45) is 19.2. The third kappa shape index (κ3) is 6.96. The fraction of sp³-hybridized carbons (Fsp3) is 0.884. The van der Waals surface area contributed by atoms with Crippen molar-refractivity contribution >= 4 is 17.8 Å². The number of aliphatic carboxylic acids is 1. The summed E-state index contributed by atoms with van der Waals surface area (Å²) in [5.74, 6) is 1.62. The summed E-state index contributed by atoms with van der Waals surface area (Å²) < 4.78 is 0. The molecule has 0 radical (unpaired) electrons. The van der Waals surface area contributed by atoms with Crippen molar-refractivity contribution < 1.29 is 24.6 Å². The normalized spacial score (nSPS) is 40.1. The Labute approximate surface area is 304 Å². The van der Waals surface area contributed by atoms with Gasteiger partial charge in [-0.05, 0) is 128 Å². The zero-order valence-electron chi connectivity index (χ0n) is 32.6. The van der Waals surface area contributed by atoms with Gasteiger partial charge in [-0.25, -0.2) is 0 Å². The van der Waals surface area contributed by atoms with Crippen LogP contribution in [0, 0.1) is 56.7 Å². The molecule has 50 heavy (non-hydrogen) atoms. The summed E-state index contributed by atoms with van der Waals surface area (Å²) in [5.41, 5.74) is 1.20. The molecular weight excluding hydrogens is 624 g/mol. The van der Waals surface area contributed by atoms with Crippen LogP contribution >= 0.6 is 0 Å². The molecule has 0 heterocycles. The molecule has 7 heteroatoms. The number of aliphatic hydroxyl groups is 1. The van der Waals surface area contributed by atoms with Crippen LogP contribution in [0.3, 0.4) is 0 Å². The van der Waals surface area contributed by atoms with Crippen LogP contribution in [0.15, 0.2) is 12.2 Å². The fourth-order valence-electron chi connectivity index (χ4n) is 13.6. The Morgan fingerprint density at radius 1 is 0.720 bits per heavy atom. The molecule has 284 valence electrons. The first-order chi connectivity index (χ1) is 23.5. The second kappa shape index (κ2) is 15.2. The zero-order chi connectivity index (χ0) is 36.5. The Kier molecular flexibility index (Phi) is 12.0. The molecule has 5 saturated carbocycles. The second-order valence-corrected chi connectivity index (χ2v) is 19.2. The van der Waals surface area contributed by atoms with E-state index in [0.29, 0.717) is 24.3 Å². The van der Waals surface area contributed by atoms with Crippen LogP contribution in [0.2, 0.25) is 0 Å². The van der Waals surface area contributed by atoms with E-state index in [9.17, 15) is 19.5 Å². The molecule has 0 bridgehead atoms. The van der Waals surface area contributed by atoms with Crippen LogP contribution in [0.5, 0.6) is 0 Å². The van der Waals surface area contributed by atoms with Gasteiger partial charge in [0.25, 0.3) is 0 Å². The predicted octanol–water partition coefficient (Wildman–Crippen LogP) is 8.83. The van der Waals surface area contributed by atoms with E-state index in [1.54, 1.807) is 6.92 Å². The fourth-order valence-corrected chi connectivity index (χ4v) is 13.6. The number of hydrogen-bond acceptors (Lipinski definition) is 4. The molecule has 10 atom stereocenters. The topological polar surface area (TPSA) is 116 Å². The SMILES string of the molecule is C=C(CNC(C)=O)[C@@H]1CC[C@]2(C(=O)NCCCCCCCCCCC(=O)O)CC[C@]3(C)[C@H](CCC4[C@@]5(C)CC[C@H](O)C(C)(C)[C@@H]5CC[C@]43C)[C@@H]12. The highest BCUT2D eigenvalue weighted by molar-refractivity contribution is 5.84. The van der Waals surface area contributed by atoms with Gasteiger partial charge in [-0.15, -0.1) is 0 Å². The average molecular weight is 697 g/mol. The lowest BCUT2D eigenvalue weighted by molar-refractivity contribution is -0.246. The molecule has 5 rings (SSSR count). The Bertz CT molecular complexity index is 1260. The minimum atomic E-state index is -0.702. The van der Waals surface area contributed by atoms with Crippen LogP contribution in [0.25, 0.3) is 0 Å². The molecule has 4 N–H and O–H groups in total. The van der Waals surface area contributed by atoms with Gasteiger partial charge in [-0.3, -0.25) is 14.4 Å². The number of amides is 2. The lowest BCUT2D eigenvalue weighted by Gasteiger charge is -2.72. The number of carbonyl (C=O) groups is 3. The van der Waals surface area contributed by atoms with Crippen LogP contribution in [-0.2, 0) is 14.4 Å². The Morgan fingerprint density at radius 2 is 1.38 bits per heavy atom. The van der Waals surface area contributed by atoms with Crippen molar-refractivity contribution in [1.29, 1.82) is 0 Å². The van der Waals surface area contributed by atoms with Gasteiger partial charge in [-0.1, -0.05) is 85.3 Å². The van der Waals surface area contributed by atoms with Gasteiger partial charge in [0.2, 0.25) is 11.8 Å². The first kappa shape index (κ1) is 39.3. The molecule has 5 fully saturated rings. The highest BCUT2D eigenvalue weighted by Gasteiger charge is 2.71. The number of carboxylic acid groups (broad SMARTS) is 1. The van der Waals surface area contributed by atoms with Crippen LogP contribution in [0.4, 0.5) is 0 Å². The summed E-state index contributed by atoms with van der Waals surface area (Å²) in [6.45, 7) is 19.8. The first-order valence-corrected chi connectivity index (χ1v) is 20.6. The van der Waals surface area contributed by atoms with Gasteiger partial charge in [0, 0.05) is 26.4 Å². The standard InChI is InChI=1S/C43H72N2O5/c1-29(28-45-30(2)46)31-19-24-43(38(50)44-27-15-13-11-9-8-10-12-14-16-36(48)49)26-25-41(6)32(37(31)43)17-18-34-40(5)22-21-35(47)39(3,4)33(40)20-23-42(34,41)7/h31-35,37,47H,1,8-28H2,2-7H3,(H,44,50)(H,45,46)(H,48,49)/t31-,32+,33-,34?,35-,37+,40-,41+,42+,43-/m0/s1. The molecule has 0 aliphatic heterocycles. The number of hydrogen-bond donors (Lipinski definition) is 4. The largest absolute Gasteiger partial charge is 0.481 e. The molecule has 0 aromatic rings. The maximum Gasteiger partial charge on any atom is 0.303 e. The van der Waals surface area contributed by atoms with E-state index in [1.807, 2.05) is 0 Å². The van der Waals surface area contributed by atoms with E-state index in [0.717, 1.165) is 102 Å². The van der Waals surface area contributed by atoms with Crippen LogP contribution < -0.4 is 10.6 Å². The molecule has 5 aliphatic rings. The van der Waals surface area contributed by atoms with Gasteiger partial charge in [-0.2, -0.15) is 0 Å². The Morgan fingerprint density at radius 3 is 2.04 bits per heavy atom. The average Bonchev–Trinajstić information content (AvgIpc) is 3.45. The third-order valence-electron chi connectivity index (χ3n) is 16.6. The van der Waals surface area contributed by atoms with E-state index in [4.69, 9.17) is 5.11 Å². The quantitative estimate of drug-likeness (QED) is 0.101. The summed E-state index contributed by atoms with van der Waals surface area (Å²) in [6, 6.07) is 0. The Balaban J connectivity index is 1.29. The van der Waals surface area contributed by atoms with Crippen molar-refractivity contribution in [2.75, 3.05) is 13.1 Å². The molecule has 5 aliphatic carbocycles. The molecule has 0 saturated heterocycles. The van der Waals surface area contributed by atoms with Gasteiger partial charge >= 0.3 is 5.97 Å². The van der Waals surface area contributed by atoms with E-state index in [-0.39, 0.29) is 63.2 Å².